The van der Waals surface area contributed by atoms with E-state index < -0.39 is 5.97 Å². The average molecular weight is 363 g/mol. The molecule has 0 saturated heterocycles. The quantitative estimate of drug-likeness (QED) is 0.333. The molecule has 0 aliphatic heterocycles. The molecule has 8 nitrogen and oxygen atoms in total. The molecule has 148 valence electrons. The molecule has 8 heteroatoms. The van der Waals surface area contributed by atoms with Gasteiger partial charge in [-0.05, 0) is 12.8 Å². The molecule has 0 aromatic carbocycles. The van der Waals surface area contributed by atoms with Gasteiger partial charge in [0.25, 0.3) is 0 Å². The Kier molecular flexibility index (Phi) is 18.2. The van der Waals surface area contributed by atoms with Gasteiger partial charge in [-0.25, -0.2) is 0 Å². The second-order valence-corrected chi connectivity index (χ2v) is 5.49. The van der Waals surface area contributed by atoms with Crippen LogP contribution in [0.3, 0.4) is 0 Å². The number of carbonyl (C=O) groups is 2. The maximum absolute atomic E-state index is 11.6. The number of methoxy groups -OCH3 is 1. The predicted molar refractivity (Wildman–Crippen MR) is 92.7 cm³/mol. The van der Waals surface area contributed by atoms with Crippen molar-refractivity contribution in [3.63, 3.8) is 0 Å². The number of amides is 1. The molecule has 0 rings (SSSR count). The summed E-state index contributed by atoms with van der Waals surface area (Å²) in [6.07, 6.45) is 3.86. The Bertz CT molecular complexity index is 326. The molecular weight excluding hydrogens is 330 g/mol. The monoisotopic (exact) mass is 363 g/mol. The summed E-state index contributed by atoms with van der Waals surface area (Å²) in [5, 5.41) is 11.3. The molecule has 0 unspecified atom stereocenters. The fraction of sp³-hybridized carbons (Fsp3) is 0.882. The Labute approximate surface area is 150 Å². The number of ether oxygens (including phenoxy) is 4. The summed E-state index contributed by atoms with van der Waals surface area (Å²) in [6, 6.07) is 0. The molecule has 0 fully saturated rings. The summed E-state index contributed by atoms with van der Waals surface area (Å²) in [5.41, 5.74) is 0. The van der Waals surface area contributed by atoms with E-state index in [-0.39, 0.29) is 12.3 Å². The van der Waals surface area contributed by atoms with Gasteiger partial charge in [0.1, 0.15) is 0 Å². The number of rotatable bonds is 19. The lowest BCUT2D eigenvalue weighted by molar-refractivity contribution is -0.137. The first kappa shape index (κ1) is 23.8. The van der Waals surface area contributed by atoms with Crippen LogP contribution in [0, 0.1) is 0 Å². The van der Waals surface area contributed by atoms with Crippen LogP contribution in [0.5, 0.6) is 0 Å². The van der Waals surface area contributed by atoms with Crippen LogP contribution in [-0.4, -0.2) is 76.9 Å². The van der Waals surface area contributed by atoms with Crippen LogP contribution in [0.1, 0.15) is 38.5 Å². The second kappa shape index (κ2) is 19.1. The predicted octanol–water partition coefficient (Wildman–Crippen LogP) is 1.22. The molecule has 1 amide bonds. The van der Waals surface area contributed by atoms with E-state index in [1.807, 2.05) is 0 Å². The van der Waals surface area contributed by atoms with Crippen molar-refractivity contribution in [2.75, 3.05) is 59.9 Å². The molecule has 0 aromatic rings. The maximum atomic E-state index is 11.6. The Balaban J connectivity index is 3.16. The van der Waals surface area contributed by atoms with E-state index in [2.05, 4.69) is 5.32 Å². The lowest BCUT2D eigenvalue weighted by Crippen LogP contribution is -2.27. The zero-order chi connectivity index (χ0) is 18.6. The Morgan fingerprint density at radius 3 is 1.84 bits per heavy atom. The number of carbonyl (C=O) groups excluding carboxylic acids is 1. The average Bonchev–Trinajstić information content (AvgIpc) is 2.58. The molecule has 0 aliphatic carbocycles. The van der Waals surface area contributed by atoms with Crippen molar-refractivity contribution in [1.82, 2.24) is 5.32 Å². The summed E-state index contributed by atoms with van der Waals surface area (Å²) in [5.74, 6) is -0.759. The van der Waals surface area contributed by atoms with Gasteiger partial charge in [0, 0.05) is 26.5 Å². The summed E-state index contributed by atoms with van der Waals surface area (Å²) in [4.78, 5) is 21.9. The van der Waals surface area contributed by atoms with E-state index in [1.165, 1.54) is 0 Å². The van der Waals surface area contributed by atoms with E-state index in [1.54, 1.807) is 7.11 Å². The topological polar surface area (TPSA) is 103 Å². The van der Waals surface area contributed by atoms with Gasteiger partial charge in [-0.2, -0.15) is 0 Å². The summed E-state index contributed by atoms with van der Waals surface area (Å²) in [7, 11) is 1.63. The normalized spacial score (nSPS) is 10.8. The molecule has 0 atom stereocenters. The third-order valence-corrected chi connectivity index (χ3v) is 3.29. The van der Waals surface area contributed by atoms with Gasteiger partial charge < -0.3 is 29.4 Å². The van der Waals surface area contributed by atoms with Crippen molar-refractivity contribution in [3.05, 3.63) is 0 Å². The lowest BCUT2D eigenvalue weighted by Gasteiger charge is -2.08. The van der Waals surface area contributed by atoms with Gasteiger partial charge in [-0.15, -0.1) is 0 Å². The standard InChI is InChI=1S/C17H33NO7/c1-22-10-11-24-14-15-25-13-12-23-9-8-18-16(19)6-4-2-3-5-7-17(20)21/h2-15H2,1H3,(H,18,19)(H,20,21). The van der Waals surface area contributed by atoms with Gasteiger partial charge >= 0.3 is 5.97 Å². The molecule has 0 radical (unpaired) electrons. The van der Waals surface area contributed by atoms with Gasteiger partial charge in [-0.1, -0.05) is 12.8 Å². The summed E-state index contributed by atoms with van der Waals surface area (Å²) in [6.45, 7) is 4.13. The zero-order valence-corrected chi connectivity index (χ0v) is 15.3. The van der Waals surface area contributed by atoms with Crippen molar-refractivity contribution in [2.24, 2.45) is 0 Å². The van der Waals surface area contributed by atoms with Crippen LogP contribution >= 0.6 is 0 Å². The number of hydrogen-bond donors (Lipinski definition) is 2. The number of carboxylic acids is 1. The van der Waals surface area contributed by atoms with Crippen molar-refractivity contribution in [1.29, 1.82) is 0 Å². The first-order chi connectivity index (χ1) is 12.2. The molecule has 2 N–H and O–H groups in total. The molecule has 0 spiro atoms. The first-order valence-electron chi connectivity index (χ1n) is 8.87. The van der Waals surface area contributed by atoms with Crippen LogP contribution in [0.15, 0.2) is 0 Å². The van der Waals surface area contributed by atoms with Gasteiger partial charge in [0.15, 0.2) is 0 Å². The highest BCUT2D eigenvalue weighted by Crippen LogP contribution is 2.05. The number of hydrogen-bond acceptors (Lipinski definition) is 6. The third kappa shape index (κ3) is 20.7. The second-order valence-electron chi connectivity index (χ2n) is 5.49. The fourth-order valence-electron chi connectivity index (χ4n) is 1.95. The molecule has 0 saturated carbocycles. The fourth-order valence-corrected chi connectivity index (χ4v) is 1.95. The van der Waals surface area contributed by atoms with E-state index >= 15 is 0 Å². The zero-order valence-electron chi connectivity index (χ0n) is 15.3. The third-order valence-electron chi connectivity index (χ3n) is 3.29. The van der Waals surface area contributed by atoms with Crippen molar-refractivity contribution in [3.8, 4) is 0 Å². The minimum atomic E-state index is -0.765. The molecular formula is C17H33NO7. The highest BCUT2D eigenvalue weighted by Gasteiger charge is 2.01. The van der Waals surface area contributed by atoms with E-state index in [9.17, 15) is 9.59 Å². The van der Waals surface area contributed by atoms with Gasteiger partial charge in [0.2, 0.25) is 5.91 Å². The van der Waals surface area contributed by atoms with Crippen LogP contribution in [0.25, 0.3) is 0 Å². The molecule has 0 bridgehead atoms. The number of carboxylic acid groups (broad SMARTS) is 1. The number of unbranched alkanes of at least 4 members (excludes halogenated alkanes) is 3. The van der Waals surface area contributed by atoms with Crippen molar-refractivity contribution < 1.29 is 33.6 Å². The van der Waals surface area contributed by atoms with Gasteiger partial charge in [0.05, 0.1) is 46.2 Å². The largest absolute Gasteiger partial charge is 0.481 e. The first-order valence-corrected chi connectivity index (χ1v) is 8.87. The maximum Gasteiger partial charge on any atom is 0.303 e. The van der Waals surface area contributed by atoms with Gasteiger partial charge in [-0.3, -0.25) is 9.59 Å². The highest BCUT2D eigenvalue weighted by atomic mass is 16.6. The Hall–Kier alpha value is -1.22. The highest BCUT2D eigenvalue weighted by molar-refractivity contribution is 5.75. The minimum absolute atomic E-state index is 0.00583. The van der Waals surface area contributed by atoms with Crippen LogP contribution in [0.4, 0.5) is 0 Å². The lowest BCUT2D eigenvalue weighted by atomic mass is 10.1. The summed E-state index contributed by atoms with van der Waals surface area (Å²) >= 11 is 0. The SMILES string of the molecule is COCCOCCOCCOCCNC(=O)CCCCCCC(=O)O. The van der Waals surface area contributed by atoms with Crippen molar-refractivity contribution >= 4 is 11.9 Å². The number of aliphatic carboxylic acids is 1. The minimum Gasteiger partial charge on any atom is -0.481 e. The Morgan fingerprint density at radius 2 is 1.28 bits per heavy atom. The van der Waals surface area contributed by atoms with Crippen LogP contribution in [0.2, 0.25) is 0 Å². The van der Waals surface area contributed by atoms with E-state index in [0.29, 0.717) is 65.6 Å². The van der Waals surface area contributed by atoms with E-state index in [4.69, 9.17) is 24.1 Å². The van der Waals surface area contributed by atoms with Crippen LogP contribution < -0.4 is 5.32 Å². The molecule has 0 heterocycles. The summed E-state index contributed by atoms with van der Waals surface area (Å²) < 4.78 is 20.8. The number of nitrogens with one attached hydrogen (secondary N) is 1. The van der Waals surface area contributed by atoms with Crippen LogP contribution in [-0.2, 0) is 28.5 Å². The molecule has 25 heavy (non-hydrogen) atoms. The van der Waals surface area contributed by atoms with E-state index in [0.717, 1.165) is 19.3 Å². The molecule has 0 aliphatic rings. The Morgan fingerprint density at radius 1 is 0.760 bits per heavy atom. The smallest absolute Gasteiger partial charge is 0.303 e. The van der Waals surface area contributed by atoms with Crippen molar-refractivity contribution in [2.45, 2.75) is 38.5 Å². The molecule has 0 aromatic heterocycles.